The summed E-state index contributed by atoms with van der Waals surface area (Å²) in [4.78, 5) is 4.14. The minimum absolute atomic E-state index is 0.103. The minimum Gasteiger partial charge on any atom is -0.473 e. The largest absolute Gasteiger partial charge is 0.473 e. The summed E-state index contributed by atoms with van der Waals surface area (Å²) < 4.78 is 21.8. The van der Waals surface area contributed by atoms with Crippen LogP contribution in [0.1, 0.15) is 11.3 Å². The van der Waals surface area contributed by atoms with Gasteiger partial charge in [0.15, 0.2) is 0 Å². The maximum absolute atomic E-state index is 14.2. The van der Waals surface area contributed by atoms with Crippen molar-refractivity contribution in [1.82, 2.24) is 20.0 Å². The highest BCUT2D eigenvalue weighted by molar-refractivity contribution is 9.10. The minimum atomic E-state index is -0.361. The summed E-state index contributed by atoms with van der Waals surface area (Å²) in [7, 11) is 0. The lowest BCUT2D eigenvalue weighted by molar-refractivity contribution is 0.287. The highest BCUT2D eigenvalue weighted by Gasteiger charge is 2.07. The van der Waals surface area contributed by atoms with E-state index in [4.69, 9.17) is 4.74 Å². The van der Waals surface area contributed by atoms with E-state index in [1.54, 1.807) is 36.5 Å². The van der Waals surface area contributed by atoms with Gasteiger partial charge in [-0.25, -0.2) is 14.1 Å². The number of halogens is 2. The molecule has 0 unspecified atom stereocenters. The number of nitrogens with zero attached hydrogens (tertiary/aromatic N) is 4. The van der Waals surface area contributed by atoms with E-state index >= 15 is 0 Å². The summed E-state index contributed by atoms with van der Waals surface area (Å²) in [5.41, 5.74) is 1.83. The number of rotatable bonds is 4. The summed E-state index contributed by atoms with van der Waals surface area (Å²) in [6.07, 6.45) is 1.73. The van der Waals surface area contributed by atoms with Crippen molar-refractivity contribution in [3.05, 3.63) is 64.3 Å². The molecule has 0 radical (unpaired) electrons. The topological polar surface area (TPSA) is 52.8 Å². The summed E-state index contributed by atoms with van der Waals surface area (Å²) in [6, 6.07) is 10.2. The zero-order valence-electron chi connectivity index (χ0n) is 11.7. The molecule has 0 amide bonds. The molecule has 0 N–H and O–H groups in total. The average Bonchev–Trinajstić information content (AvgIpc) is 2.93. The predicted molar refractivity (Wildman–Crippen MR) is 82.3 cm³/mol. The van der Waals surface area contributed by atoms with Crippen LogP contribution in [0.15, 0.2) is 47.2 Å². The van der Waals surface area contributed by atoms with Crippen molar-refractivity contribution >= 4 is 15.9 Å². The Kier molecular flexibility index (Phi) is 4.15. The van der Waals surface area contributed by atoms with Crippen LogP contribution in [0.25, 0.3) is 5.69 Å². The molecule has 3 aromatic rings. The van der Waals surface area contributed by atoms with E-state index in [0.29, 0.717) is 21.7 Å². The quantitative estimate of drug-likeness (QED) is 0.667. The zero-order valence-corrected chi connectivity index (χ0v) is 13.3. The zero-order chi connectivity index (χ0) is 15.5. The number of ether oxygens (including phenoxy) is 1. The first kappa shape index (κ1) is 14.6. The molecule has 5 nitrogen and oxygen atoms in total. The Morgan fingerprint density at radius 1 is 1.27 bits per heavy atom. The monoisotopic (exact) mass is 362 g/mol. The second kappa shape index (κ2) is 6.23. The Morgan fingerprint density at radius 3 is 2.82 bits per heavy atom. The molecule has 22 heavy (non-hydrogen) atoms. The second-order valence-electron chi connectivity index (χ2n) is 4.67. The van der Waals surface area contributed by atoms with Gasteiger partial charge in [0.2, 0.25) is 5.88 Å². The van der Waals surface area contributed by atoms with Crippen LogP contribution in [0.2, 0.25) is 0 Å². The van der Waals surface area contributed by atoms with Crippen molar-refractivity contribution in [3.63, 3.8) is 0 Å². The SMILES string of the molecule is Cc1cn(-c2ccc(COc3cccc(Br)n3)c(F)c2)nn1. The average molecular weight is 363 g/mol. The Labute approximate surface area is 134 Å². The lowest BCUT2D eigenvalue weighted by Crippen LogP contribution is -2.02. The first-order chi connectivity index (χ1) is 10.6. The van der Waals surface area contributed by atoms with Gasteiger partial charge in [0.1, 0.15) is 17.0 Å². The van der Waals surface area contributed by atoms with E-state index in [9.17, 15) is 4.39 Å². The molecular formula is C15H12BrFN4O. The molecule has 0 atom stereocenters. The van der Waals surface area contributed by atoms with Crippen LogP contribution < -0.4 is 4.74 Å². The van der Waals surface area contributed by atoms with Crippen LogP contribution >= 0.6 is 15.9 Å². The van der Waals surface area contributed by atoms with E-state index in [0.717, 1.165) is 5.69 Å². The molecule has 2 aromatic heterocycles. The van der Waals surface area contributed by atoms with Crippen molar-refractivity contribution in [2.24, 2.45) is 0 Å². The van der Waals surface area contributed by atoms with Gasteiger partial charge in [-0.3, -0.25) is 0 Å². The number of pyridine rings is 1. The van der Waals surface area contributed by atoms with Gasteiger partial charge in [0.05, 0.1) is 17.6 Å². The van der Waals surface area contributed by atoms with Crippen LogP contribution in [0, 0.1) is 12.7 Å². The van der Waals surface area contributed by atoms with Gasteiger partial charge < -0.3 is 4.74 Å². The van der Waals surface area contributed by atoms with Gasteiger partial charge in [-0.1, -0.05) is 17.3 Å². The lowest BCUT2D eigenvalue weighted by Gasteiger charge is -2.08. The first-order valence-corrected chi connectivity index (χ1v) is 7.34. The van der Waals surface area contributed by atoms with Crippen LogP contribution in [0.4, 0.5) is 4.39 Å². The molecule has 3 rings (SSSR count). The molecule has 0 aliphatic heterocycles. The summed E-state index contributed by atoms with van der Waals surface area (Å²) >= 11 is 3.26. The van der Waals surface area contributed by atoms with Gasteiger partial charge >= 0.3 is 0 Å². The second-order valence-corrected chi connectivity index (χ2v) is 5.48. The van der Waals surface area contributed by atoms with E-state index in [-0.39, 0.29) is 12.4 Å². The van der Waals surface area contributed by atoms with Gasteiger partial charge in [0.25, 0.3) is 0 Å². The molecule has 0 aliphatic rings. The molecule has 0 fully saturated rings. The maximum atomic E-state index is 14.2. The maximum Gasteiger partial charge on any atom is 0.214 e. The van der Waals surface area contributed by atoms with Crippen molar-refractivity contribution in [1.29, 1.82) is 0 Å². The van der Waals surface area contributed by atoms with Gasteiger partial charge in [0, 0.05) is 17.7 Å². The van der Waals surface area contributed by atoms with Crippen LogP contribution in [0.5, 0.6) is 5.88 Å². The summed E-state index contributed by atoms with van der Waals surface area (Å²) in [5, 5.41) is 7.80. The molecule has 112 valence electrons. The highest BCUT2D eigenvalue weighted by atomic mass is 79.9. The van der Waals surface area contributed by atoms with E-state index in [1.807, 2.05) is 6.92 Å². The summed E-state index contributed by atoms with van der Waals surface area (Å²) in [5.74, 6) is 0.0744. The molecule has 0 spiro atoms. The predicted octanol–water partition coefficient (Wildman–Crippen LogP) is 3.45. The molecule has 1 aromatic carbocycles. The lowest BCUT2D eigenvalue weighted by atomic mass is 10.2. The Morgan fingerprint density at radius 2 is 2.14 bits per heavy atom. The van der Waals surface area contributed by atoms with Crippen LogP contribution in [-0.4, -0.2) is 20.0 Å². The Bertz CT molecular complexity index is 806. The standard InChI is InChI=1S/C15H12BrFN4O/c1-10-8-21(20-19-10)12-6-5-11(13(17)7-12)9-22-15-4-2-3-14(16)18-15/h2-8H,9H2,1H3. The molecule has 0 saturated carbocycles. The third kappa shape index (κ3) is 3.30. The molecule has 2 heterocycles. The van der Waals surface area contributed by atoms with E-state index in [2.05, 4.69) is 31.2 Å². The Hall–Kier alpha value is -2.28. The third-order valence-corrected chi connectivity index (χ3v) is 3.42. The first-order valence-electron chi connectivity index (χ1n) is 6.55. The molecular weight excluding hydrogens is 351 g/mol. The normalized spacial score (nSPS) is 10.7. The van der Waals surface area contributed by atoms with Gasteiger partial charge in [-0.2, -0.15) is 0 Å². The van der Waals surface area contributed by atoms with Gasteiger partial charge in [-0.05, 0) is 35.0 Å². The number of hydrogen-bond donors (Lipinski definition) is 0. The van der Waals surface area contributed by atoms with Crippen molar-refractivity contribution in [2.75, 3.05) is 0 Å². The number of aromatic nitrogens is 4. The highest BCUT2D eigenvalue weighted by Crippen LogP contribution is 2.17. The fourth-order valence-corrected chi connectivity index (χ4v) is 2.22. The fraction of sp³-hybridized carbons (Fsp3) is 0.133. The fourth-order valence-electron chi connectivity index (χ4n) is 1.89. The van der Waals surface area contributed by atoms with Crippen LogP contribution in [0.3, 0.4) is 0 Å². The number of aryl methyl sites for hydroxylation is 1. The van der Waals surface area contributed by atoms with Crippen molar-refractivity contribution in [2.45, 2.75) is 13.5 Å². The number of hydrogen-bond acceptors (Lipinski definition) is 4. The van der Waals surface area contributed by atoms with Crippen molar-refractivity contribution in [3.8, 4) is 11.6 Å². The molecule has 7 heteroatoms. The summed E-state index contributed by atoms with van der Waals surface area (Å²) in [6.45, 7) is 1.93. The molecule has 0 aliphatic carbocycles. The third-order valence-electron chi connectivity index (χ3n) is 2.97. The van der Waals surface area contributed by atoms with Gasteiger partial charge in [-0.15, -0.1) is 5.10 Å². The molecule has 0 bridgehead atoms. The smallest absolute Gasteiger partial charge is 0.214 e. The van der Waals surface area contributed by atoms with Crippen molar-refractivity contribution < 1.29 is 9.13 Å². The van der Waals surface area contributed by atoms with Crippen LogP contribution in [-0.2, 0) is 6.61 Å². The van der Waals surface area contributed by atoms with E-state index < -0.39 is 0 Å². The van der Waals surface area contributed by atoms with E-state index in [1.165, 1.54) is 10.7 Å². The Balaban J connectivity index is 1.75. The molecule has 0 saturated heterocycles. The number of benzene rings is 1.